The lowest BCUT2D eigenvalue weighted by Crippen LogP contribution is -1.84. The summed E-state index contributed by atoms with van der Waals surface area (Å²) in [5, 5.41) is 0. The zero-order chi connectivity index (χ0) is 24.2. The lowest BCUT2D eigenvalue weighted by molar-refractivity contribution is 1.48. The Balaban J connectivity index is 1.38. The van der Waals surface area contributed by atoms with E-state index in [-0.39, 0.29) is 0 Å². The highest BCUT2D eigenvalue weighted by Gasteiger charge is 2.27. The molecular weight excluding hydrogens is 521 g/mol. The van der Waals surface area contributed by atoms with Gasteiger partial charge in [-0.05, 0) is 49.2 Å². The molecule has 36 heavy (non-hydrogen) atoms. The van der Waals surface area contributed by atoms with Crippen LogP contribution in [-0.4, -0.2) is 8.75 Å². The fourth-order valence-corrected chi connectivity index (χ4v) is 7.65. The molecule has 4 heterocycles. The summed E-state index contributed by atoms with van der Waals surface area (Å²) in [6.45, 7) is 4.22. The van der Waals surface area contributed by atoms with Gasteiger partial charge in [-0.1, -0.05) is 59.7 Å². The Morgan fingerprint density at radius 3 is 1.36 bits per heavy atom. The van der Waals surface area contributed by atoms with Gasteiger partial charge in [-0.2, -0.15) is 17.5 Å². The van der Waals surface area contributed by atoms with Gasteiger partial charge in [0.05, 0.1) is 23.1 Å². The van der Waals surface area contributed by atoms with E-state index in [1.807, 2.05) is 0 Å². The molecule has 7 rings (SSSR count). The number of aromatic nitrogens is 2. The van der Waals surface area contributed by atoms with E-state index >= 15 is 0 Å². The summed E-state index contributed by atoms with van der Waals surface area (Å²) in [4.78, 5) is 4.73. The van der Waals surface area contributed by atoms with Crippen LogP contribution in [0.15, 0.2) is 81.5 Å². The van der Waals surface area contributed by atoms with Crippen LogP contribution in [0.5, 0.6) is 0 Å². The van der Waals surface area contributed by atoms with Crippen LogP contribution in [0.1, 0.15) is 11.1 Å². The highest BCUT2D eigenvalue weighted by atomic mass is 32.1. The molecule has 0 saturated carbocycles. The predicted molar refractivity (Wildman–Crippen MR) is 156 cm³/mol. The van der Waals surface area contributed by atoms with Crippen molar-refractivity contribution in [2.75, 3.05) is 0 Å². The van der Waals surface area contributed by atoms with Gasteiger partial charge in [0, 0.05) is 30.6 Å². The van der Waals surface area contributed by atoms with E-state index in [2.05, 4.69) is 86.6 Å². The molecule has 174 valence electrons. The lowest BCUT2D eigenvalue weighted by atomic mass is 10.0. The monoisotopic (exact) mass is 538 g/mol. The van der Waals surface area contributed by atoms with Crippen molar-refractivity contribution in [3.8, 4) is 41.8 Å². The Bertz CT molecular complexity index is 1700. The van der Waals surface area contributed by atoms with E-state index in [1.54, 1.807) is 22.7 Å². The van der Waals surface area contributed by atoms with Gasteiger partial charge in [0.25, 0.3) is 0 Å². The average molecular weight is 539 g/mol. The Labute approximate surface area is 224 Å². The molecule has 3 aromatic carbocycles. The number of nitrogens with zero attached hydrogens (tertiary/aromatic N) is 4. The van der Waals surface area contributed by atoms with Crippen LogP contribution in [0, 0.1) is 13.8 Å². The van der Waals surface area contributed by atoms with Crippen molar-refractivity contribution in [3.05, 3.63) is 83.9 Å². The molecule has 6 aromatic rings. The smallest absolute Gasteiger partial charge is 0.116 e. The molecule has 1 aliphatic heterocycles. The number of fused-ring (bicyclic) bond motifs is 2. The van der Waals surface area contributed by atoms with E-state index in [0.717, 1.165) is 43.3 Å². The summed E-state index contributed by atoms with van der Waals surface area (Å²) in [5.41, 5.74) is 10.6. The van der Waals surface area contributed by atoms with Gasteiger partial charge in [0.1, 0.15) is 22.4 Å². The minimum absolute atomic E-state index is 0.901. The Morgan fingerprint density at radius 2 is 0.917 bits per heavy atom. The number of rotatable bonds is 4. The molecule has 8 heteroatoms. The largest absolute Gasteiger partial charge is 0.172 e. The first-order chi connectivity index (χ1) is 17.7. The molecule has 0 aliphatic carbocycles. The lowest BCUT2D eigenvalue weighted by Gasteiger charge is -2.09. The van der Waals surface area contributed by atoms with E-state index in [9.17, 15) is 0 Å². The van der Waals surface area contributed by atoms with Gasteiger partial charge in [-0.25, -0.2) is 0 Å². The van der Waals surface area contributed by atoms with Crippen LogP contribution in [0.2, 0.25) is 0 Å². The highest BCUT2D eigenvalue weighted by Crippen LogP contribution is 2.54. The fraction of sp³-hybridized carbons (Fsp3) is 0.0714. The molecule has 0 saturated heterocycles. The Kier molecular flexibility index (Phi) is 5.28. The maximum absolute atomic E-state index is 4.76. The first kappa shape index (κ1) is 21.9. The number of benzene rings is 3. The van der Waals surface area contributed by atoms with Crippen LogP contribution in [-0.2, 0) is 11.4 Å². The van der Waals surface area contributed by atoms with Crippen LogP contribution in [0.4, 0.5) is 11.4 Å². The van der Waals surface area contributed by atoms with Gasteiger partial charge in [-0.15, -0.1) is 22.7 Å². The second kappa shape index (κ2) is 8.67. The maximum Gasteiger partial charge on any atom is 0.116 e. The van der Waals surface area contributed by atoms with Crippen LogP contribution < -0.4 is 0 Å². The van der Waals surface area contributed by atoms with Crippen molar-refractivity contribution in [2.24, 2.45) is 8.73 Å². The molecule has 3 aromatic heterocycles. The molecule has 4 nitrogen and oxygen atoms in total. The van der Waals surface area contributed by atoms with E-state index in [0.29, 0.717) is 0 Å². The third kappa shape index (κ3) is 3.60. The minimum atomic E-state index is 0.901. The van der Waals surface area contributed by atoms with Crippen molar-refractivity contribution in [3.63, 3.8) is 0 Å². The van der Waals surface area contributed by atoms with Gasteiger partial charge in [0.15, 0.2) is 0 Å². The summed E-state index contributed by atoms with van der Waals surface area (Å²) >= 11 is 6.03. The number of hydrogen-bond acceptors (Lipinski definition) is 7. The molecule has 0 fully saturated rings. The van der Waals surface area contributed by atoms with E-state index in [1.165, 1.54) is 55.1 Å². The van der Waals surface area contributed by atoms with E-state index < -0.39 is 0 Å². The first-order valence-corrected chi connectivity index (χ1v) is 14.5. The maximum atomic E-state index is 4.76. The predicted octanol–water partition coefficient (Wildman–Crippen LogP) is 9.83. The molecular formula is C28H18N4S4. The van der Waals surface area contributed by atoms with Crippen LogP contribution in [0.3, 0.4) is 0 Å². The number of aryl methyl sites for hydroxylation is 2. The van der Waals surface area contributed by atoms with Crippen molar-refractivity contribution in [1.29, 1.82) is 0 Å². The van der Waals surface area contributed by atoms with Crippen molar-refractivity contribution in [2.45, 2.75) is 13.8 Å². The summed E-state index contributed by atoms with van der Waals surface area (Å²) in [7, 11) is 0. The normalized spacial score (nSPS) is 12.3. The minimum Gasteiger partial charge on any atom is -0.172 e. The van der Waals surface area contributed by atoms with Gasteiger partial charge < -0.3 is 0 Å². The summed E-state index contributed by atoms with van der Waals surface area (Å²) in [5.74, 6) is 0. The number of thiophene rings is 2. The summed E-state index contributed by atoms with van der Waals surface area (Å²) in [6.07, 6.45) is 0. The number of hydrogen-bond donors (Lipinski definition) is 0. The SMILES string of the molecule is Cc1ccc(-c2ccc(-c3c4c(c(-c5ccc(-c6ccc(C)cc6)s5)c5nsnc35)N=S=N4)s2)cc1. The van der Waals surface area contributed by atoms with Crippen molar-refractivity contribution in [1.82, 2.24) is 8.75 Å². The summed E-state index contributed by atoms with van der Waals surface area (Å²) < 4.78 is 19.0. The quantitative estimate of drug-likeness (QED) is 0.224. The second-order valence-corrected chi connectivity index (χ2v) is 12.0. The molecule has 0 atom stereocenters. The molecule has 0 amide bonds. The van der Waals surface area contributed by atoms with Crippen molar-refractivity contribution >= 4 is 68.2 Å². The van der Waals surface area contributed by atoms with Crippen molar-refractivity contribution < 1.29 is 0 Å². The molecule has 0 N–H and O–H groups in total. The van der Waals surface area contributed by atoms with Gasteiger partial charge >= 0.3 is 0 Å². The van der Waals surface area contributed by atoms with Gasteiger partial charge in [-0.3, -0.25) is 0 Å². The zero-order valence-corrected chi connectivity index (χ0v) is 22.6. The van der Waals surface area contributed by atoms with Gasteiger partial charge in [0.2, 0.25) is 0 Å². The molecule has 0 bridgehead atoms. The fourth-order valence-electron chi connectivity index (χ4n) is 4.41. The highest BCUT2D eigenvalue weighted by molar-refractivity contribution is 7.58. The van der Waals surface area contributed by atoms with Crippen LogP contribution in [0.25, 0.3) is 52.8 Å². The average Bonchev–Trinajstić information content (AvgIpc) is 3.70. The third-order valence-corrected chi connectivity index (χ3v) is 9.66. The Morgan fingerprint density at radius 1 is 0.500 bits per heavy atom. The standard InChI is InChI=1S/C28H18N4S4/c1-15-3-7-17(8-4-15)19-11-13-21(33-19)23-25-27(31-35-29-25)24(28-26(23)30-36-32-28)22-14-12-20(34-22)18-9-5-16(2)6-10-18/h3-14H,1-2H3. The first-order valence-electron chi connectivity index (χ1n) is 11.4. The second-order valence-electron chi connectivity index (χ2n) is 8.73. The summed E-state index contributed by atoms with van der Waals surface area (Å²) in [6, 6.07) is 26.0. The topological polar surface area (TPSA) is 50.5 Å². The Hall–Kier alpha value is -3.30. The molecule has 0 unspecified atom stereocenters. The zero-order valence-electron chi connectivity index (χ0n) is 19.4. The molecule has 1 aliphatic rings. The molecule has 0 spiro atoms. The molecule has 0 radical (unpaired) electrons. The van der Waals surface area contributed by atoms with E-state index in [4.69, 9.17) is 17.5 Å². The van der Waals surface area contributed by atoms with Crippen LogP contribution >= 0.6 is 34.4 Å². The third-order valence-electron chi connectivity index (χ3n) is 6.30.